The zero-order chi connectivity index (χ0) is 13.7. The van der Waals surface area contributed by atoms with Crippen molar-refractivity contribution in [1.82, 2.24) is 20.3 Å². The van der Waals surface area contributed by atoms with Crippen LogP contribution in [0.25, 0.3) is 0 Å². The summed E-state index contributed by atoms with van der Waals surface area (Å²) in [6, 6.07) is 3.67. The van der Waals surface area contributed by atoms with E-state index in [9.17, 15) is 0 Å². The van der Waals surface area contributed by atoms with Crippen LogP contribution in [0.15, 0.2) is 35.2 Å². The van der Waals surface area contributed by atoms with Crippen molar-refractivity contribution < 1.29 is 4.74 Å². The zero-order valence-electron chi connectivity index (χ0n) is 10.8. The fourth-order valence-electron chi connectivity index (χ4n) is 1.83. The Balaban J connectivity index is 2.49. The number of halogens is 1. The van der Waals surface area contributed by atoms with E-state index < -0.39 is 0 Å². The third-order valence-corrected chi connectivity index (χ3v) is 3.30. The van der Waals surface area contributed by atoms with E-state index in [1.165, 1.54) is 0 Å². The summed E-state index contributed by atoms with van der Waals surface area (Å²) in [7, 11) is 1.59. The fourth-order valence-corrected chi connectivity index (χ4v) is 2.31. The Labute approximate surface area is 120 Å². The van der Waals surface area contributed by atoms with Gasteiger partial charge in [-0.05, 0) is 34.6 Å². The standard InChI is InChI=1S/C13H15BrN4O/c1-3-15-11(10-9(14)5-4-6-16-10)12-13(19-2)18-8-7-17-12/h4-8,11,15H,3H2,1-2H3. The molecule has 5 nitrogen and oxygen atoms in total. The van der Waals surface area contributed by atoms with Gasteiger partial charge in [0.1, 0.15) is 5.69 Å². The van der Waals surface area contributed by atoms with Crippen molar-refractivity contribution in [2.45, 2.75) is 13.0 Å². The van der Waals surface area contributed by atoms with Gasteiger partial charge in [-0.3, -0.25) is 9.97 Å². The highest BCUT2D eigenvalue weighted by Gasteiger charge is 2.22. The van der Waals surface area contributed by atoms with Crippen LogP contribution in [-0.2, 0) is 0 Å². The fraction of sp³-hybridized carbons (Fsp3) is 0.308. The van der Waals surface area contributed by atoms with E-state index in [0.717, 1.165) is 22.4 Å². The smallest absolute Gasteiger partial charge is 0.237 e. The Morgan fingerprint density at radius 3 is 2.63 bits per heavy atom. The lowest BCUT2D eigenvalue weighted by molar-refractivity contribution is 0.382. The molecule has 100 valence electrons. The van der Waals surface area contributed by atoms with Gasteiger partial charge in [-0.1, -0.05) is 6.92 Å². The number of rotatable bonds is 5. The molecule has 0 saturated heterocycles. The number of hydrogen-bond donors (Lipinski definition) is 1. The van der Waals surface area contributed by atoms with E-state index in [2.05, 4.69) is 36.2 Å². The van der Waals surface area contributed by atoms with Crippen molar-refractivity contribution in [1.29, 1.82) is 0 Å². The van der Waals surface area contributed by atoms with Crippen LogP contribution in [0.1, 0.15) is 24.4 Å². The lowest BCUT2D eigenvalue weighted by Crippen LogP contribution is -2.25. The molecule has 0 fully saturated rings. The molecule has 0 spiro atoms. The first-order valence-electron chi connectivity index (χ1n) is 5.96. The van der Waals surface area contributed by atoms with Crippen molar-refractivity contribution in [3.63, 3.8) is 0 Å². The normalized spacial score (nSPS) is 12.2. The third kappa shape index (κ3) is 3.08. The van der Waals surface area contributed by atoms with Gasteiger partial charge in [0.05, 0.1) is 18.8 Å². The molecule has 0 aromatic carbocycles. The van der Waals surface area contributed by atoms with Crippen LogP contribution in [-0.4, -0.2) is 28.6 Å². The molecule has 0 saturated carbocycles. The van der Waals surface area contributed by atoms with Crippen molar-refractivity contribution in [2.24, 2.45) is 0 Å². The molecule has 19 heavy (non-hydrogen) atoms. The molecule has 2 heterocycles. The topological polar surface area (TPSA) is 59.9 Å². The second-order valence-corrected chi connectivity index (χ2v) is 4.67. The molecule has 2 aromatic heterocycles. The highest BCUT2D eigenvalue weighted by Crippen LogP contribution is 2.29. The van der Waals surface area contributed by atoms with Gasteiger partial charge >= 0.3 is 0 Å². The van der Waals surface area contributed by atoms with Crippen LogP contribution < -0.4 is 10.1 Å². The SMILES string of the molecule is CCNC(c1ncccc1Br)c1nccnc1OC. The Hall–Kier alpha value is -1.53. The predicted molar refractivity (Wildman–Crippen MR) is 76.0 cm³/mol. The van der Waals surface area contributed by atoms with Crippen LogP contribution in [0.2, 0.25) is 0 Å². The summed E-state index contributed by atoms with van der Waals surface area (Å²) in [6.07, 6.45) is 5.02. The van der Waals surface area contributed by atoms with E-state index in [1.807, 2.05) is 19.1 Å². The van der Waals surface area contributed by atoms with Crippen LogP contribution in [0.3, 0.4) is 0 Å². The number of aromatic nitrogens is 3. The Kier molecular flexibility index (Phi) is 4.81. The molecular weight excluding hydrogens is 308 g/mol. The van der Waals surface area contributed by atoms with Gasteiger partial charge in [0.2, 0.25) is 5.88 Å². The van der Waals surface area contributed by atoms with E-state index in [4.69, 9.17) is 4.74 Å². The summed E-state index contributed by atoms with van der Waals surface area (Å²) in [5.41, 5.74) is 1.59. The van der Waals surface area contributed by atoms with Crippen LogP contribution >= 0.6 is 15.9 Å². The van der Waals surface area contributed by atoms with Crippen LogP contribution in [0, 0.1) is 0 Å². The summed E-state index contributed by atoms with van der Waals surface area (Å²) in [6.45, 7) is 2.82. The summed E-state index contributed by atoms with van der Waals surface area (Å²) in [5, 5.41) is 3.36. The molecule has 2 aromatic rings. The lowest BCUT2D eigenvalue weighted by Gasteiger charge is -2.19. The molecule has 1 atom stereocenters. The van der Waals surface area contributed by atoms with Crippen molar-refractivity contribution >= 4 is 15.9 Å². The number of ether oxygens (including phenoxy) is 1. The average molecular weight is 323 g/mol. The van der Waals surface area contributed by atoms with Gasteiger partial charge in [-0.15, -0.1) is 0 Å². The van der Waals surface area contributed by atoms with Crippen LogP contribution in [0.5, 0.6) is 5.88 Å². The van der Waals surface area contributed by atoms with E-state index >= 15 is 0 Å². The number of methoxy groups -OCH3 is 1. The molecule has 0 radical (unpaired) electrons. The van der Waals surface area contributed by atoms with Crippen molar-refractivity contribution in [3.8, 4) is 5.88 Å². The molecule has 0 aliphatic heterocycles. The Morgan fingerprint density at radius 2 is 1.95 bits per heavy atom. The number of hydrogen-bond acceptors (Lipinski definition) is 5. The first-order valence-corrected chi connectivity index (χ1v) is 6.76. The van der Waals surface area contributed by atoms with Gasteiger partial charge in [-0.25, -0.2) is 4.98 Å². The molecule has 0 aliphatic carbocycles. The number of nitrogens with one attached hydrogen (secondary N) is 1. The monoisotopic (exact) mass is 322 g/mol. The van der Waals surface area contributed by atoms with Gasteiger partial charge in [-0.2, -0.15) is 0 Å². The minimum Gasteiger partial charge on any atom is -0.480 e. The molecule has 0 bridgehead atoms. The van der Waals surface area contributed by atoms with Crippen molar-refractivity contribution in [2.75, 3.05) is 13.7 Å². The first kappa shape index (κ1) is 13.9. The number of pyridine rings is 1. The van der Waals surface area contributed by atoms with Crippen molar-refractivity contribution in [3.05, 3.63) is 46.6 Å². The Bertz CT molecular complexity index is 550. The molecule has 6 heteroatoms. The molecule has 1 N–H and O–H groups in total. The minimum atomic E-state index is -0.163. The second-order valence-electron chi connectivity index (χ2n) is 3.81. The molecule has 0 amide bonds. The van der Waals surface area contributed by atoms with E-state index in [1.54, 1.807) is 25.7 Å². The third-order valence-electron chi connectivity index (χ3n) is 2.63. The number of nitrogens with zero attached hydrogens (tertiary/aromatic N) is 3. The lowest BCUT2D eigenvalue weighted by atomic mass is 10.1. The molecule has 2 rings (SSSR count). The van der Waals surface area contributed by atoms with Gasteiger partial charge in [0.15, 0.2) is 0 Å². The second kappa shape index (κ2) is 6.58. The van der Waals surface area contributed by atoms with E-state index in [-0.39, 0.29) is 6.04 Å². The predicted octanol–water partition coefficient (Wildman–Crippen LogP) is 2.34. The summed E-state index contributed by atoms with van der Waals surface area (Å²) >= 11 is 3.52. The maximum atomic E-state index is 5.28. The zero-order valence-corrected chi connectivity index (χ0v) is 12.4. The molecule has 1 unspecified atom stereocenters. The summed E-state index contributed by atoms with van der Waals surface area (Å²) < 4.78 is 6.20. The first-order chi connectivity index (χ1) is 9.27. The van der Waals surface area contributed by atoms with E-state index in [0.29, 0.717) is 5.88 Å². The quantitative estimate of drug-likeness (QED) is 0.915. The molecule has 0 aliphatic rings. The maximum Gasteiger partial charge on any atom is 0.237 e. The Morgan fingerprint density at radius 1 is 1.21 bits per heavy atom. The van der Waals surface area contributed by atoms with Crippen LogP contribution in [0.4, 0.5) is 0 Å². The molecular formula is C13H15BrN4O. The van der Waals surface area contributed by atoms with Gasteiger partial charge < -0.3 is 10.1 Å². The summed E-state index contributed by atoms with van der Waals surface area (Å²) in [5.74, 6) is 0.506. The van der Waals surface area contributed by atoms with Gasteiger partial charge in [0.25, 0.3) is 0 Å². The van der Waals surface area contributed by atoms with Gasteiger partial charge in [0, 0.05) is 23.1 Å². The minimum absolute atomic E-state index is 0.163. The summed E-state index contributed by atoms with van der Waals surface area (Å²) in [4.78, 5) is 13.0. The average Bonchev–Trinajstić information content (AvgIpc) is 2.46. The highest BCUT2D eigenvalue weighted by atomic mass is 79.9. The highest BCUT2D eigenvalue weighted by molar-refractivity contribution is 9.10. The largest absolute Gasteiger partial charge is 0.480 e. The maximum absolute atomic E-state index is 5.28.